The van der Waals surface area contributed by atoms with E-state index in [1.807, 2.05) is 12.3 Å². The predicted octanol–water partition coefficient (Wildman–Crippen LogP) is 2.37. The number of nitrogens with zero attached hydrogens (tertiary/aromatic N) is 2. The molecule has 0 spiro atoms. The summed E-state index contributed by atoms with van der Waals surface area (Å²) in [4.78, 5) is 6.61. The lowest BCUT2D eigenvalue weighted by atomic mass is 10.1. The van der Waals surface area contributed by atoms with Crippen molar-refractivity contribution in [1.82, 2.24) is 4.98 Å². The molecule has 0 aromatic carbocycles. The number of allylic oxidation sites excluding steroid dienone is 1. The molecule has 1 aliphatic rings. The van der Waals surface area contributed by atoms with Gasteiger partial charge in [-0.15, -0.1) is 0 Å². The highest BCUT2D eigenvalue weighted by molar-refractivity contribution is 5.56. The Balaban J connectivity index is 2.42. The topological polar surface area (TPSA) is 16.1 Å². The van der Waals surface area contributed by atoms with E-state index in [9.17, 15) is 0 Å². The molecule has 0 unspecified atom stereocenters. The van der Waals surface area contributed by atoms with Crippen molar-refractivity contribution >= 4 is 5.69 Å². The molecule has 0 fully saturated rings. The molecular formula is C11H14N2. The fourth-order valence-electron chi connectivity index (χ4n) is 1.63. The summed E-state index contributed by atoms with van der Waals surface area (Å²) in [6.45, 7) is 4.37. The van der Waals surface area contributed by atoms with Gasteiger partial charge in [-0.05, 0) is 26.0 Å². The zero-order valence-corrected chi connectivity index (χ0v) is 8.07. The monoisotopic (exact) mass is 174 g/mol. The van der Waals surface area contributed by atoms with Crippen molar-refractivity contribution in [2.45, 2.75) is 26.3 Å². The molecule has 0 bridgehead atoms. The quantitative estimate of drug-likeness (QED) is 0.649. The maximum atomic E-state index is 4.36. The molecule has 2 heteroatoms. The van der Waals surface area contributed by atoms with Gasteiger partial charge in [-0.25, -0.2) is 0 Å². The van der Waals surface area contributed by atoms with Crippen molar-refractivity contribution in [3.63, 3.8) is 0 Å². The van der Waals surface area contributed by atoms with Crippen LogP contribution in [0.1, 0.15) is 19.5 Å². The van der Waals surface area contributed by atoms with Crippen LogP contribution in [0.25, 0.3) is 0 Å². The van der Waals surface area contributed by atoms with Gasteiger partial charge < -0.3 is 4.90 Å². The lowest BCUT2D eigenvalue weighted by molar-refractivity contribution is 0.764. The minimum atomic E-state index is 0.500. The van der Waals surface area contributed by atoms with Crippen LogP contribution >= 0.6 is 0 Å². The third-order valence-corrected chi connectivity index (χ3v) is 2.28. The fraction of sp³-hybridized carbons (Fsp3) is 0.364. The standard InChI is InChI=1S/C11H14N2/c1-9(2)13-8-4-5-10-11(13)6-3-7-12-10/h3-4,6-9H,5H2,1-2H3. The normalized spacial score (nSPS) is 14.8. The Morgan fingerprint density at radius 3 is 3.08 bits per heavy atom. The van der Waals surface area contributed by atoms with E-state index in [1.165, 1.54) is 11.4 Å². The van der Waals surface area contributed by atoms with Crippen molar-refractivity contribution in [2.24, 2.45) is 0 Å². The van der Waals surface area contributed by atoms with Crippen molar-refractivity contribution in [1.29, 1.82) is 0 Å². The van der Waals surface area contributed by atoms with Gasteiger partial charge in [-0.2, -0.15) is 0 Å². The third kappa shape index (κ3) is 1.44. The third-order valence-electron chi connectivity index (χ3n) is 2.28. The van der Waals surface area contributed by atoms with Crippen LogP contribution in [0.5, 0.6) is 0 Å². The van der Waals surface area contributed by atoms with Gasteiger partial charge >= 0.3 is 0 Å². The summed E-state index contributed by atoms with van der Waals surface area (Å²) in [5.74, 6) is 0. The average molecular weight is 174 g/mol. The minimum absolute atomic E-state index is 0.500. The number of aromatic nitrogens is 1. The van der Waals surface area contributed by atoms with Crippen LogP contribution in [0.15, 0.2) is 30.6 Å². The lowest BCUT2D eigenvalue weighted by Crippen LogP contribution is -2.27. The number of rotatable bonds is 1. The van der Waals surface area contributed by atoms with Crippen LogP contribution in [0, 0.1) is 0 Å². The van der Waals surface area contributed by atoms with E-state index < -0.39 is 0 Å². The largest absolute Gasteiger partial charge is 0.344 e. The molecule has 0 atom stereocenters. The molecule has 2 rings (SSSR count). The van der Waals surface area contributed by atoms with Gasteiger partial charge in [-0.3, -0.25) is 4.98 Å². The molecule has 1 aliphatic heterocycles. The van der Waals surface area contributed by atoms with E-state index in [4.69, 9.17) is 0 Å². The molecule has 1 aromatic rings. The first-order valence-corrected chi connectivity index (χ1v) is 4.68. The molecule has 13 heavy (non-hydrogen) atoms. The van der Waals surface area contributed by atoms with E-state index in [1.54, 1.807) is 0 Å². The molecular weight excluding hydrogens is 160 g/mol. The molecule has 0 amide bonds. The first-order valence-electron chi connectivity index (χ1n) is 4.68. The van der Waals surface area contributed by atoms with E-state index in [0.717, 1.165) is 6.42 Å². The van der Waals surface area contributed by atoms with Crippen LogP contribution in [0.4, 0.5) is 5.69 Å². The number of hydrogen-bond donors (Lipinski definition) is 0. The van der Waals surface area contributed by atoms with Crippen molar-refractivity contribution in [3.05, 3.63) is 36.3 Å². The van der Waals surface area contributed by atoms with Gasteiger partial charge in [0.25, 0.3) is 0 Å². The summed E-state index contributed by atoms with van der Waals surface area (Å²) in [5.41, 5.74) is 2.43. The van der Waals surface area contributed by atoms with Crippen LogP contribution in [-0.4, -0.2) is 11.0 Å². The minimum Gasteiger partial charge on any atom is -0.344 e. The molecule has 0 N–H and O–H groups in total. The Morgan fingerprint density at radius 1 is 1.46 bits per heavy atom. The Morgan fingerprint density at radius 2 is 2.31 bits per heavy atom. The molecule has 2 heterocycles. The fourth-order valence-corrected chi connectivity index (χ4v) is 1.63. The lowest BCUT2D eigenvalue weighted by Gasteiger charge is -2.29. The van der Waals surface area contributed by atoms with E-state index in [-0.39, 0.29) is 0 Å². The van der Waals surface area contributed by atoms with E-state index in [2.05, 4.69) is 42.1 Å². The molecule has 0 saturated carbocycles. The first kappa shape index (κ1) is 8.30. The van der Waals surface area contributed by atoms with Crippen LogP contribution in [-0.2, 0) is 6.42 Å². The highest BCUT2D eigenvalue weighted by atomic mass is 15.1. The maximum Gasteiger partial charge on any atom is 0.0678 e. The van der Waals surface area contributed by atoms with Crippen LogP contribution in [0.3, 0.4) is 0 Å². The highest BCUT2D eigenvalue weighted by Crippen LogP contribution is 2.25. The number of anilines is 1. The molecule has 68 valence electrons. The van der Waals surface area contributed by atoms with E-state index in [0.29, 0.717) is 6.04 Å². The molecule has 2 nitrogen and oxygen atoms in total. The van der Waals surface area contributed by atoms with Gasteiger partial charge in [0.2, 0.25) is 0 Å². The average Bonchev–Trinajstić information content (AvgIpc) is 2.17. The van der Waals surface area contributed by atoms with Crippen molar-refractivity contribution < 1.29 is 0 Å². The van der Waals surface area contributed by atoms with Crippen molar-refractivity contribution in [3.8, 4) is 0 Å². The van der Waals surface area contributed by atoms with Gasteiger partial charge in [0.05, 0.1) is 11.4 Å². The van der Waals surface area contributed by atoms with Gasteiger partial charge in [0, 0.05) is 24.9 Å². The number of fused-ring (bicyclic) bond motifs is 1. The Bertz CT molecular complexity index is 329. The summed E-state index contributed by atoms with van der Waals surface area (Å²) >= 11 is 0. The summed E-state index contributed by atoms with van der Waals surface area (Å²) < 4.78 is 0. The Hall–Kier alpha value is -1.31. The molecule has 0 aliphatic carbocycles. The predicted molar refractivity (Wildman–Crippen MR) is 54.7 cm³/mol. The van der Waals surface area contributed by atoms with Crippen molar-refractivity contribution in [2.75, 3.05) is 4.90 Å². The van der Waals surface area contributed by atoms with Gasteiger partial charge in [-0.1, -0.05) is 6.08 Å². The van der Waals surface area contributed by atoms with Crippen LogP contribution in [0.2, 0.25) is 0 Å². The molecule has 1 aromatic heterocycles. The number of pyridine rings is 1. The zero-order valence-electron chi connectivity index (χ0n) is 8.07. The second kappa shape index (κ2) is 3.21. The summed E-state index contributed by atoms with van der Waals surface area (Å²) in [6, 6.07) is 4.62. The summed E-state index contributed by atoms with van der Waals surface area (Å²) in [6.07, 6.45) is 7.12. The Labute approximate surface area is 78.9 Å². The maximum absolute atomic E-state index is 4.36. The Kier molecular flexibility index (Phi) is 2.05. The SMILES string of the molecule is CC(C)N1C=CCc2ncccc21. The first-order chi connectivity index (χ1) is 6.29. The number of hydrogen-bond acceptors (Lipinski definition) is 2. The summed E-state index contributed by atoms with van der Waals surface area (Å²) in [7, 11) is 0. The summed E-state index contributed by atoms with van der Waals surface area (Å²) in [5, 5.41) is 0. The van der Waals surface area contributed by atoms with Gasteiger partial charge in [0.1, 0.15) is 0 Å². The smallest absolute Gasteiger partial charge is 0.0678 e. The molecule has 0 radical (unpaired) electrons. The highest BCUT2D eigenvalue weighted by Gasteiger charge is 2.14. The van der Waals surface area contributed by atoms with E-state index >= 15 is 0 Å². The molecule has 0 saturated heterocycles. The van der Waals surface area contributed by atoms with Gasteiger partial charge in [0.15, 0.2) is 0 Å². The second-order valence-electron chi connectivity index (χ2n) is 3.56. The second-order valence-corrected chi connectivity index (χ2v) is 3.56. The zero-order chi connectivity index (χ0) is 9.26. The van der Waals surface area contributed by atoms with Crippen LogP contribution < -0.4 is 4.90 Å².